The zero-order valence-electron chi connectivity index (χ0n) is 21.8. The quantitative estimate of drug-likeness (QED) is 0.211. The summed E-state index contributed by atoms with van der Waals surface area (Å²) in [6, 6.07) is 8.24. The topological polar surface area (TPSA) is 141 Å². The normalized spacial score (nSPS) is 19.1. The van der Waals surface area contributed by atoms with Crippen molar-refractivity contribution < 1.29 is 42.9 Å². The molecule has 3 rings (SSSR count). The van der Waals surface area contributed by atoms with Crippen molar-refractivity contribution in [3.63, 3.8) is 0 Å². The Morgan fingerprint density at radius 2 is 1.76 bits per heavy atom. The average molecular weight is 550 g/mol. The molecule has 0 aromatic heterocycles. The first-order chi connectivity index (χ1) is 18.0. The number of benzene rings is 1. The van der Waals surface area contributed by atoms with E-state index < -0.39 is 47.9 Å². The lowest BCUT2D eigenvalue weighted by Crippen LogP contribution is -2.70. The Kier molecular flexibility index (Phi) is 9.61. The fourth-order valence-electron chi connectivity index (χ4n) is 3.65. The van der Waals surface area contributed by atoms with E-state index in [4.69, 9.17) is 18.9 Å². The Balaban J connectivity index is 1.74. The van der Waals surface area contributed by atoms with Crippen molar-refractivity contribution in [2.75, 3.05) is 26.5 Å². The van der Waals surface area contributed by atoms with Gasteiger partial charge in [-0.15, -0.1) is 11.8 Å². The molecule has 12 nitrogen and oxygen atoms in total. The molecule has 0 spiro atoms. The SMILES string of the molecule is CC(C)OC(=O)OC(C)OC(=O)C1=C(COC(=O)N(C)C)CS[C@@H]2C(NC(=O)Cc3ccccc3)C(=O)N12. The van der Waals surface area contributed by atoms with E-state index in [1.54, 1.807) is 13.8 Å². The maximum absolute atomic E-state index is 13.2. The number of esters is 1. The summed E-state index contributed by atoms with van der Waals surface area (Å²) >= 11 is 1.31. The number of β-lactam (4-membered cyclic amide) rings is 1. The number of carbonyl (C=O) groups is 5. The Bertz CT molecular complexity index is 1110. The number of rotatable bonds is 9. The molecule has 2 aliphatic rings. The van der Waals surface area contributed by atoms with Crippen LogP contribution in [0.4, 0.5) is 9.59 Å². The van der Waals surface area contributed by atoms with Crippen molar-refractivity contribution >= 4 is 41.8 Å². The summed E-state index contributed by atoms with van der Waals surface area (Å²) in [6.45, 7) is 4.33. The summed E-state index contributed by atoms with van der Waals surface area (Å²) < 4.78 is 20.3. The lowest BCUT2D eigenvalue weighted by Gasteiger charge is -2.49. The predicted molar refractivity (Wildman–Crippen MR) is 135 cm³/mol. The van der Waals surface area contributed by atoms with Gasteiger partial charge in [0.1, 0.15) is 23.7 Å². The van der Waals surface area contributed by atoms with Crippen LogP contribution in [0.2, 0.25) is 0 Å². The number of thioether (sulfide) groups is 1. The van der Waals surface area contributed by atoms with Gasteiger partial charge in [-0.1, -0.05) is 30.3 Å². The third kappa shape index (κ3) is 7.18. The molecule has 1 fully saturated rings. The highest BCUT2D eigenvalue weighted by Crippen LogP contribution is 2.41. The zero-order chi connectivity index (χ0) is 28.0. The predicted octanol–water partition coefficient (Wildman–Crippen LogP) is 2.03. The largest absolute Gasteiger partial charge is 0.511 e. The first-order valence-corrected chi connectivity index (χ1v) is 12.9. The summed E-state index contributed by atoms with van der Waals surface area (Å²) in [5.74, 6) is -1.56. The number of hydrogen-bond donors (Lipinski definition) is 1. The van der Waals surface area contributed by atoms with E-state index >= 15 is 0 Å². The van der Waals surface area contributed by atoms with E-state index in [0.29, 0.717) is 5.57 Å². The minimum atomic E-state index is -1.32. The second kappa shape index (κ2) is 12.7. The number of nitrogens with one attached hydrogen (secondary N) is 1. The molecule has 206 valence electrons. The first kappa shape index (κ1) is 28.8. The average Bonchev–Trinajstić information content (AvgIpc) is 2.84. The van der Waals surface area contributed by atoms with Crippen molar-refractivity contribution in [2.24, 2.45) is 0 Å². The third-order valence-corrected chi connectivity index (χ3v) is 6.71. The molecule has 3 amide bonds. The van der Waals surface area contributed by atoms with Gasteiger partial charge in [-0.05, 0) is 19.4 Å². The molecule has 38 heavy (non-hydrogen) atoms. The molecule has 13 heteroatoms. The molecular formula is C25H31N3O9S. The highest BCUT2D eigenvalue weighted by molar-refractivity contribution is 8.00. The molecule has 1 aromatic rings. The molecule has 0 aliphatic carbocycles. The Morgan fingerprint density at radius 3 is 2.39 bits per heavy atom. The van der Waals surface area contributed by atoms with E-state index in [2.05, 4.69) is 5.32 Å². The maximum Gasteiger partial charge on any atom is 0.511 e. The van der Waals surface area contributed by atoms with Gasteiger partial charge in [-0.3, -0.25) is 14.5 Å². The summed E-state index contributed by atoms with van der Waals surface area (Å²) in [7, 11) is 3.02. The molecule has 2 aliphatic heterocycles. The second-order valence-electron chi connectivity index (χ2n) is 9.03. The fraction of sp³-hybridized carbons (Fsp3) is 0.480. The number of carbonyl (C=O) groups excluding carboxylic acids is 5. The van der Waals surface area contributed by atoms with Gasteiger partial charge < -0.3 is 29.2 Å². The molecule has 0 radical (unpaired) electrons. The van der Waals surface area contributed by atoms with E-state index in [1.165, 1.54) is 42.6 Å². The number of hydrogen-bond acceptors (Lipinski definition) is 10. The standard InChI is InChI=1S/C25H31N3O9S/c1-14(2)35-25(33)37-15(3)36-23(31)20-17(12-34-24(32)27(4)5)13-38-22-19(21(30)28(20)22)26-18(29)11-16-9-7-6-8-10-16/h6-10,14-15,19,22H,11-13H2,1-5H3,(H,26,29)/t15?,19?,22-/m1/s1. The van der Waals surface area contributed by atoms with Crippen LogP contribution in [0.15, 0.2) is 41.6 Å². The number of fused-ring (bicyclic) bond motifs is 1. The second-order valence-corrected chi connectivity index (χ2v) is 10.1. The highest BCUT2D eigenvalue weighted by Gasteiger charge is 2.54. The fourth-order valence-corrected chi connectivity index (χ4v) is 4.98. The van der Waals surface area contributed by atoms with Crippen LogP contribution in [0.3, 0.4) is 0 Å². The smallest absolute Gasteiger partial charge is 0.445 e. The van der Waals surface area contributed by atoms with Crippen LogP contribution in [0.25, 0.3) is 0 Å². The Labute approximate surface area is 224 Å². The van der Waals surface area contributed by atoms with Crippen LogP contribution < -0.4 is 5.32 Å². The van der Waals surface area contributed by atoms with Crippen LogP contribution in [-0.2, 0) is 39.8 Å². The number of ether oxygens (including phenoxy) is 4. The molecule has 1 aromatic carbocycles. The van der Waals surface area contributed by atoms with Crippen LogP contribution >= 0.6 is 11.8 Å². The van der Waals surface area contributed by atoms with E-state index in [0.717, 1.165) is 5.56 Å². The zero-order valence-corrected chi connectivity index (χ0v) is 22.6. The lowest BCUT2D eigenvalue weighted by atomic mass is 10.0. The van der Waals surface area contributed by atoms with Gasteiger partial charge in [0, 0.05) is 32.3 Å². The van der Waals surface area contributed by atoms with Crippen molar-refractivity contribution in [1.29, 1.82) is 0 Å². The van der Waals surface area contributed by atoms with Gasteiger partial charge >= 0.3 is 18.2 Å². The van der Waals surface area contributed by atoms with Crippen molar-refractivity contribution in [1.82, 2.24) is 15.1 Å². The first-order valence-electron chi connectivity index (χ1n) is 11.9. The molecule has 3 atom stereocenters. The van der Waals surface area contributed by atoms with Gasteiger partial charge in [0.05, 0.1) is 12.5 Å². The van der Waals surface area contributed by atoms with Crippen molar-refractivity contribution in [3.8, 4) is 0 Å². The minimum absolute atomic E-state index is 0.0970. The van der Waals surface area contributed by atoms with Crippen molar-refractivity contribution in [2.45, 2.75) is 51.0 Å². The van der Waals surface area contributed by atoms with E-state index in [-0.39, 0.29) is 30.4 Å². The molecule has 2 unspecified atom stereocenters. The Morgan fingerprint density at radius 1 is 1.08 bits per heavy atom. The minimum Gasteiger partial charge on any atom is -0.445 e. The molecule has 2 heterocycles. The van der Waals surface area contributed by atoms with Crippen molar-refractivity contribution in [3.05, 3.63) is 47.2 Å². The summed E-state index contributed by atoms with van der Waals surface area (Å²) in [4.78, 5) is 65.0. The number of amides is 3. The van der Waals surface area contributed by atoms with Crippen LogP contribution in [0.5, 0.6) is 0 Å². The van der Waals surface area contributed by atoms with Crippen LogP contribution in [-0.4, -0.2) is 90.1 Å². The molecule has 0 bridgehead atoms. The van der Waals surface area contributed by atoms with Gasteiger partial charge in [0.15, 0.2) is 0 Å². The van der Waals surface area contributed by atoms with Gasteiger partial charge in [-0.2, -0.15) is 0 Å². The molecular weight excluding hydrogens is 518 g/mol. The summed E-state index contributed by atoms with van der Waals surface area (Å²) in [5.41, 5.74) is 1.02. The maximum atomic E-state index is 13.2. The van der Waals surface area contributed by atoms with E-state index in [1.807, 2.05) is 30.3 Å². The summed E-state index contributed by atoms with van der Waals surface area (Å²) in [6.07, 6.45) is -3.31. The van der Waals surface area contributed by atoms with Gasteiger partial charge in [0.2, 0.25) is 12.2 Å². The lowest BCUT2D eigenvalue weighted by molar-refractivity contribution is -0.169. The van der Waals surface area contributed by atoms with Crippen LogP contribution in [0.1, 0.15) is 26.3 Å². The monoisotopic (exact) mass is 549 g/mol. The highest BCUT2D eigenvalue weighted by atomic mass is 32.2. The molecule has 0 saturated carbocycles. The number of nitrogens with zero attached hydrogens (tertiary/aromatic N) is 2. The third-order valence-electron chi connectivity index (χ3n) is 5.37. The molecule has 1 saturated heterocycles. The molecule has 1 N–H and O–H groups in total. The summed E-state index contributed by atoms with van der Waals surface area (Å²) in [5, 5.41) is 2.17. The van der Waals surface area contributed by atoms with Gasteiger partial charge in [-0.25, -0.2) is 14.4 Å². The Hall–Kier alpha value is -3.74. The van der Waals surface area contributed by atoms with Gasteiger partial charge in [0.25, 0.3) is 5.91 Å². The van der Waals surface area contributed by atoms with E-state index in [9.17, 15) is 24.0 Å². The van der Waals surface area contributed by atoms with Crippen LogP contribution in [0, 0.1) is 0 Å².